The Labute approximate surface area is 136 Å². The molecular weight excluding hydrogens is 288 g/mol. The lowest BCUT2D eigenvalue weighted by Gasteiger charge is -2.03. The number of rotatable bonds is 7. The number of nitrogens with zero attached hydrogens (tertiary/aromatic N) is 2. The molecule has 2 aromatic rings. The molecular formula is C18H20N4O. The lowest BCUT2D eigenvalue weighted by molar-refractivity contribution is -0.112. The fraction of sp³-hybridized carbons (Fsp3) is 0.167. The number of hydrogen-bond donors (Lipinski definition) is 2. The summed E-state index contributed by atoms with van der Waals surface area (Å²) in [5, 5.41) is 8.22. The second-order valence-electron chi connectivity index (χ2n) is 4.99. The molecule has 0 aliphatic rings. The van der Waals surface area contributed by atoms with Crippen LogP contribution in [0.3, 0.4) is 0 Å². The van der Waals surface area contributed by atoms with Crippen LogP contribution in [0.15, 0.2) is 64.8 Å². The van der Waals surface area contributed by atoms with E-state index in [2.05, 4.69) is 21.1 Å². The second kappa shape index (κ2) is 8.48. The summed E-state index contributed by atoms with van der Waals surface area (Å²) in [4.78, 5) is 11.9. The summed E-state index contributed by atoms with van der Waals surface area (Å²) in [6, 6.07) is 17.3. The van der Waals surface area contributed by atoms with Crippen LogP contribution in [0.25, 0.3) is 0 Å². The van der Waals surface area contributed by atoms with Crippen molar-refractivity contribution in [2.75, 3.05) is 10.9 Å². The zero-order valence-electron chi connectivity index (χ0n) is 13.3. The molecule has 0 radical (unpaired) electrons. The molecule has 0 aromatic heterocycles. The highest BCUT2D eigenvalue weighted by Crippen LogP contribution is 2.08. The number of nitrogens with one attached hydrogen (secondary N) is 2. The Morgan fingerprint density at radius 2 is 1.65 bits per heavy atom. The van der Waals surface area contributed by atoms with Gasteiger partial charge < -0.3 is 0 Å². The summed E-state index contributed by atoms with van der Waals surface area (Å²) in [7, 11) is 0. The fourth-order valence-electron chi connectivity index (χ4n) is 1.78. The Kier molecular flexibility index (Phi) is 6.06. The zero-order valence-corrected chi connectivity index (χ0v) is 13.3. The molecule has 2 aromatic carbocycles. The summed E-state index contributed by atoms with van der Waals surface area (Å²) in [5.41, 5.74) is 8.86. The SMILES string of the molecule is CCC(=O)C(/C=N/Nc1ccccc1)=N/Nc1ccc(C)cc1. The van der Waals surface area contributed by atoms with Crippen molar-refractivity contribution in [1.82, 2.24) is 0 Å². The van der Waals surface area contributed by atoms with Crippen molar-refractivity contribution in [3.8, 4) is 0 Å². The molecule has 0 heterocycles. The van der Waals surface area contributed by atoms with Gasteiger partial charge in [0.05, 0.1) is 17.6 Å². The first-order chi connectivity index (χ1) is 11.2. The average Bonchev–Trinajstić information content (AvgIpc) is 2.59. The van der Waals surface area contributed by atoms with E-state index in [0.29, 0.717) is 6.42 Å². The van der Waals surface area contributed by atoms with Crippen molar-refractivity contribution in [1.29, 1.82) is 0 Å². The summed E-state index contributed by atoms with van der Waals surface area (Å²) < 4.78 is 0. The van der Waals surface area contributed by atoms with Crippen LogP contribution >= 0.6 is 0 Å². The van der Waals surface area contributed by atoms with Crippen molar-refractivity contribution < 1.29 is 4.79 Å². The molecule has 23 heavy (non-hydrogen) atoms. The number of hydrazone groups is 2. The molecule has 0 saturated carbocycles. The fourth-order valence-corrected chi connectivity index (χ4v) is 1.78. The maximum atomic E-state index is 11.9. The largest absolute Gasteiger partial charge is 0.292 e. The van der Waals surface area contributed by atoms with E-state index in [1.165, 1.54) is 6.21 Å². The van der Waals surface area contributed by atoms with Gasteiger partial charge in [0.25, 0.3) is 0 Å². The number of hydrogen-bond acceptors (Lipinski definition) is 5. The third kappa shape index (κ3) is 5.39. The number of carbonyl (C=O) groups excluding carboxylic acids is 1. The molecule has 0 amide bonds. The molecule has 0 spiro atoms. The third-order valence-corrected chi connectivity index (χ3v) is 3.12. The Hall–Kier alpha value is -2.95. The molecule has 0 fully saturated rings. The predicted molar refractivity (Wildman–Crippen MR) is 96.1 cm³/mol. The first-order valence-electron chi connectivity index (χ1n) is 7.46. The summed E-state index contributed by atoms with van der Waals surface area (Å²) >= 11 is 0. The molecule has 2 N–H and O–H groups in total. The quantitative estimate of drug-likeness (QED) is 0.603. The van der Waals surface area contributed by atoms with Crippen molar-refractivity contribution >= 4 is 29.1 Å². The molecule has 0 unspecified atom stereocenters. The van der Waals surface area contributed by atoms with Gasteiger partial charge in [0, 0.05) is 6.42 Å². The van der Waals surface area contributed by atoms with Crippen molar-refractivity contribution in [3.05, 3.63) is 60.2 Å². The molecule has 0 atom stereocenters. The van der Waals surface area contributed by atoms with Gasteiger partial charge in [0.15, 0.2) is 5.78 Å². The number of anilines is 2. The second-order valence-corrected chi connectivity index (χ2v) is 4.99. The van der Waals surface area contributed by atoms with E-state index >= 15 is 0 Å². The van der Waals surface area contributed by atoms with E-state index in [9.17, 15) is 4.79 Å². The van der Waals surface area contributed by atoms with Crippen LogP contribution in [0.2, 0.25) is 0 Å². The van der Waals surface area contributed by atoms with Gasteiger partial charge in [-0.05, 0) is 31.2 Å². The first-order valence-corrected chi connectivity index (χ1v) is 7.46. The van der Waals surface area contributed by atoms with Crippen molar-refractivity contribution in [2.24, 2.45) is 10.2 Å². The monoisotopic (exact) mass is 308 g/mol. The van der Waals surface area contributed by atoms with Gasteiger partial charge in [-0.2, -0.15) is 10.2 Å². The van der Waals surface area contributed by atoms with Crippen LogP contribution in [0, 0.1) is 6.92 Å². The van der Waals surface area contributed by atoms with E-state index in [1.54, 1.807) is 6.92 Å². The van der Waals surface area contributed by atoms with E-state index in [-0.39, 0.29) is 11.5 Å². The topological polar surface area (TPSA) is 65.8 Å². The standard InChI is InChI=1S/C18H20N4O/c1-3-18(23)17(13-19-20-15-7-5-4-6-8-15)22-21-16-11-9-14(2)10-12-16/h4-13,20-21H,3H2,1-2H3/b19-13+,22-17+. The molecule has 0 aliphatic heterocycles. The van der Waals surface area contributed by atoms with Crippen LogP contribution in [-0.2, 0) is 4.79 Å². The maximum absolute atomic E-state index is 11.9. The van der Waals surface area contributed by atoms with Gasteiger partial charge in [-0.25, -0.2) is 0 Å². The summed E-state index contributed by atoms with van der Waals surface area (Å²) in [6.45, 7) is 3.81. The summed E-state index contributed by atoms with van der Waals surface area (Å²) in [6.07, 6.45) is 1.80. The molecule has 118 valence electrons. The van der Waals surface area contributed by atoms with Gasteiger partial charge >= 0.3 is 0 Å². The number of para-hydroxylation sites is 1. The number of benzene rings is 2. The molecule has 5 heteroatoms. The number of ketones is 1. The van der Waals surface area contributed by atoms with E-state index in [0.717, 1.165) is 16.9 Å². The van der Waals surface area contributed by atoms with E-state index in [4.69, 9.17) is 0 Å². The molecule has 2 rings (SSSR count). The smallest absolute Gasteiger partial charge is 0.184 e. The van der Waals surface area contributed by atoms with Crippen molar-refractivity contribution in [3.63, 3.8) is 0 Å². The lowest BCUT2D eigenvalue weighted by Crippen LogP contribution is -2.17. The van der Waals surface area contributed by atoms with Gasteiger partial charge in [-0.15, -0.1) is 0 Å². The lowest BCUT2D eigenvalue weighted by atomic mass is 10.2. The Morgan fingerprint density at radius 1 is 1.00 bits per heavy atom. The number of Topliss-reactive ketones (excluding diaryl/α,β-unsaturated/α-hetero) is 1. The van der Waals surface area contributed by atoms with E-state index < -0.39 is 0 Å². The van der Waals surface area contributed by atoms with Gasteiger partial charge in [-0.3, -0.25) is 15.6 Å². The van der Waals surface area contributed by atoms with Gasteiger partial charge in [-0.1, -0.05) is 42.8 Å². The average molecular weight is 308 g/mol. The van der Waals surface area contributed by atoms with Crippen LogP contribution < -0.4 is 10.9 Å². The van der Waals surface area contributed by atoms with Crippen molar-refractivity contribution in [2.45, 2.75) is 20.3 Å². The molecule has 0 saturated heterocycles. The Balaban J connectivity index is 2.05. The number of aryl methyl sites for hydroxylation is 1. The van der Waals surface area contributed by atoms with E-state index in [1.807, 2.05) is 61.5 Å². The van der Waals surface area contributed by atoms with Crippen LogP contribution in [0.4, 0.5) is 11.4 Å². The summed E-state index contributed by atoms with van der Waals surface area (Å²) in [5.74, 6) is -0.0803. The highest BCUT2D eigenvalue weighted by atomic mass is 16.1. The highest BCUT2D eigenvalue weighted by molar-refractivity contribution is 6.61. The Morgan fingerprint density at radius 3 is 2.30 bits per heavy atom. The minimum atomic E-state index is -0.0803. The van der Waals surface area contributed by atoms with Crippen LogP contribution in [0.5, 0.6) is 0 Å². The van der Waals surface area contributed by atoms with Crippen LogP contribution in [-0.4, -0.2) is 17.7 Å². The normalized spacial score (nSPS) is 11.5. The van der Waals surface area contributed by atoms with Crippen LogP contribution in [0.1, 0.15) is 18.9 Å². The maximum Gasteiger partial charge on any atom is 0.184 e. The highest BCUT2D eigenvalue weighted by Gasteiger charge is 2.06. The zero-order chi connectivity index (χ0) is 16.5. The minimum Gasteiger partial charge on any atom is -0.292 e. The Bertz CT molecular complexity index is 691. The molecule has 5 nitrogen and oxygen atoms in total. The third-order valence-electron chi connectivity index (χ3n) is 3.12. The molecule has 0 bridgehead atoms. The predicted octanol–water partition coefficient (Wildman–Crippen LogP) is 3.84. The minimum absolute atomic E-state index is 0.0803. The van der Waals surface area contributed by atoms with Gasteiger partial charge in [0.1, 0.15) is 5.71 Å². The van der Waals surface area contributed by atoms with Gasteiger partial charge in [0.2, 0.25) is 0 Å². The number of carbonyl (C=O) groups is 1. The molecule has 0 aliphatic carbocycles. The first kappa shape index (κ1) is 16.4.